The maximum atomic E-state index is 16.0. The van der Waals surface area contributed by atoms with Gasteiger partial charge in [-0.15, -0.1) is 0 Å². The van der Waals surface area contributed by atoms with Crippen LogP contribution in [0.15, 0.2) is 41.4 Å². The number of ether oxygens (including phenoxy) is 3. The van der Waals surface area contributed by atoms with Crippen molar-refractivity contribution in [3.63, 3.8) is 0 Å². The Labute approximate surface area is 430 Å². The SMILES string of the molecule is CCC(COCCCNC(=O)c1ccc(C2=c3cc4c(c([As]5(=O)OC(C)(C)C(C)(C)O5)c3Oc3c2cc2c(c3[As]3(=O)OC(C)(C)C(C)(C)O3)CC(C)C2(C)C)=NC(C)C4(C)C)cc1)OC(=O)CCC(=O)NC. The van der Waals surface area contributed by atoms with Crippen LogP contribution in [0.1, 0.15) is 168 Å². The molecular weight excluding hydrogens is 1040 g/mol. The maximum Gasteiger partial charge on any atom is 0.306 e. The van der Waals surface area contributed by atoms with Crippen LogP contribution in [-0.2, 0) is 58.7 Å². The Hall–Kier alpha value is -3.94. The molecule has 5 aliphatic rings. The topological polar surface area (TPSA) is 186 Å². The van der Waals surface area contributed by atoms with Crippen LogP contribution in [0.2, 0.25) is 0 Å². The minimum absolute atomic E-state index is 0.00731. The third-order valence-electron chi connectivity index (χ3n) is 16.7. The van der Waals surface area contributed by atoms with Gasteiger partial charge in [-0.1, -0.05) is 6.92 Å². The predicted octanol–water partition coefficient (Wildman–Crippen LogP) is 6.15. The summed E-state index contributed by atoms with van der Waals surface area (Å²) in [5.74, 6) is -0.216. The predicted molar refractivity (Wildman–Crippen MR) is 274 cm³/mol. The minimum atomic E-state index is -5.14. The Morgan fingerprint density at radius 1 is 0.778 bits per heavy atom. The van der Waals surface area contributed by atoms with E-state index in [1.54, 1.807) is 12.1 Å². The molecule has 2 N–H and O–H groups in total. The van der Waals surface area contributed by atoms with E-state index in [2.05, 4.69) is 57.4 Å². The summed E-state index contributed by atoms with van der Waals surface area (Å²) in [6.45, 7) is 30.8. The van der Waals surface area contributed by atoms with Gasteiger partial charge in [-0.2, -0.15) is 0 Å². The molecule has 1 aliphatic carbocycles. The number of hydrogen-bond donors (Lipinski definition) is 2. The quantitative estimate of drug-likeness (QED) is 0.0787. The molecule has 3 aromatic carbocycles. The maximum absolute atomic E-state index is 16.0. The summed E-state index contributed by atoms with van der Waals surface area (Å²) in [6, 6.07) is 11.4. The Morgan fingerprint density at radius 2 is 1.36 bits per heavy atom. The number of carbonyl (C=O) groups is 3. The van der Waals surface area contributed by atoms with Crippen molar-refractivity contribution in [2.45, 2.75) is 181 Å². The smallest absolute Gasteiger partial charge is 0.306 e. The van der Waals surface area contributed by atoms with Gasteiger partial charge in [-0.05, 0) is 6.42 Å². The Morgan fingerprint density at radius 3 is 1.93 bits per heavy atom. The second-order valence-corrected chi connectivity index (χ2v) is 30.9. The van der Waals surface area contributed by atoms with Crippen molar-refractivity contribution >= 4 is 60.4 Å². The molecule has 2 amide bonds. The van der Waals surface area contributed by atoms with E-state index in [-0.39, 0.29) is 58.7 Å². The third kappa shape index (κ3) is 9.23. The van der Waals surface area contributed by atoms with Crippen LogP contribution in [-0.4, -0.2) is 107 Å². The molecular formula is C55H75As2N3O12. The fraction of sp³-hybridized carbons (Fsp3) is 0.600. The fourth-order valence-electron chi connectivity index (χ4n) is 9.98. The van der Waals surface area contributed by atoms with Crippen LogP contribution < -0.4 is 34.6 Å². The summed E-state index contributed by atoms with van der Waals surface area (Å²) in [5.41, 5.74) is 0.784. The Bertz CT molecular complexity index is 2920. The van der Waals surface area contributed by atoms with Crippen LogP contribution in [0, 0.1) is 5.92 Å². The van der Waals surface area contributed by atoms with Gasteiger partial charge in [0.2, 0.25) is 5.91 Å². The van der Waals surface area contributed by atoms with Crippen molar-refractivity contribution in [1.29, 1.82) is 0 Å². The van der Waals surface area contributed by atoms with Gasteiger partial charge in [0, 0.05) is 20.1 Å². The van der Waals surface area contributed by atoms with Gasteiger partial charge in [0.15, 0.2) is 0 Å². The first kappa shape index (κ1) is 54.3. The van der Waals surface area contributed by atoms with Gasteiger partial charge in [-0.3, -0.25) is 9.59 Å². The average molecular weight is 1120 g/mol. The van der Waals surface area contributed by atoms with Crippen LogP contribution in [0.25, 0.3) is 5.57 Å². The van der Waals surface area contributed by atoms with E-state index in [0.717, 1.165) is 27.8 Å². The zero-order chi connectivity index (χ0) is 52.9. The molecule has 0 saturated carbocycles. The number of fused-ring (bicyclic) bond motifs is 4. The summed E-state index contributed by atoms with van der Waals surface area (Å²) < 4.78 is 78.0. The van der Waals surface area contributed by atoms with E-state index >= 15 is 7.48 Å². The van der Waals surface area contributed by atoms with Gasteiger partial charge in [0.1, 0.15) is 6.10 Å². The molecule has 0 aromatic heterocycles. The van der Waals surface area contributed by atoms with Crippen molar-refractivity contribution in [3.8, 4) is 11.5 Å². The Kier molecular flexibility index (Phi) is 14.1. The minimum Gasteiger partial charge on any atom is -0.460 e. The van der Waals surface area contributed by atoms with E-state index < -0.39 is 68.2 Å². The zero-order valence-corrected chi connectivity index (χ0v) is 48.8. The van der Waals surface area contributed by atoms with Gasteiger partial charge in [0.25, 0.3) is 0 Å². The molecule has 4 aliphatic heterocycles. The van der Waals surface area contributed by atoms with Crippen molar-refractivity contribution < 1.29 is 51.0 Å². The van der Waals surface area contributed by atoms with E-state index in [4.69, 9.17) is 34.1 Å². The summed E-state index contributed by atoms with van der Waals surface area (Å²) in [6.07, 6.45) is 1.30. The molecule has 0 spiro atoms. The van der Waals surface area contributed by atoms with E-state index in [9.17, 15) is 14.4 Å². The number of rotatable bonds is 15. The number of benzene rings is 3. The molecule has 72 heavy (non-hydrogen) atoms. The van der Waals surface area contributed by atoms with E-state index in [0.29, 0.717) is 64.2 Å². The second-order valence-electron chi connectivity index (χ2n) is 23.3. The summed E-state index contributed by atoms with van der Waals surface area (Å²) in [5, 5.41) is 6.66. The molecule has 3 aromatic rings. The monoisotopic (exact) mass is 1120 g/mol. The summed E-state index contributed by atoms with van der Waals surface area (Å²) in [4.78, 5) is 42.7. The zero-order valence-electron chi connectivity index (χ0n) is 45.1. The Balaban J connectivity index is 1.22. The first-order valence-corrected chi connectivity index (χ1v) is 31.9. The fourth-order valence-corrected chi connectivity index (χ4v) is 21.6. The molecule has 3 unspecified atom stereocenters. The van der Waals surface area contributed by atoms with Crippen molar-refractivity contribution in [3.05, 3.63) is 80.4 Å². The van der Waals surface area contributed by atoms with Crippen molar-refractivity contribution in [2.75, 3.05) is 26.8 Å². The molecule has 15 nitrogen and oxygen atoms in total. The molecule has 4 heterocycles. The second kappa shape index (κ2) is 18.7. The van der Waals surface area contributed by atoms with Gasteiger partial charge < -0.3 is 14.8 Å². The standard InChI is InChI=1S/C55H75As2N3O12/c1-17-35(67-42(62)24-23-41(61)58-16)30-66-26-18-25-59-49(63)34-21-19-33(20-22-34)43-37-28-39-36(27-31(2)50(39,4)5)44(56(64)69-52(8,9)53(10,11)70-56)47(37)68-48-38(43)29-40-46(60-32(3)51(40,6)7)45(48)57(65)71-54(12,13)55(14,15)72-57/h19-22,28-29,31-32,35H,17-18,23-27,30H2,1-16H3,(H,58,61)(H,59,63). The first-order valence-electron chi connectivity index (χ1n) is 25.4. The molecule has 17 heteroatoms. The molecule has 0 radical (unpaired) electrons. The number of hydrogen-bond acceptors (Lipinski definition) is 13. The van der Waals surface area contributed by atoms with Crippen LogP contribution >= 0.6 is 0 Å². The van der Waals surface area contributed by atoms with E-state index in [1.807, 2.05) is 81.4 Å². The molecule has 392 valence electrons. The molecule has 3 atom stereocenters. The molecule has 8 rings (SSSR count). The molecule has 2 saturated heterocycles. The molecule has 0 bridgehead atoms. The largest absolute Gasteiger partial charge is 0.460 e. The average Bonchev–Trinajstić information content (AvgIpc) is 3.80. The van der Waals surface area contributed by atoms with Crippen LogP contribution in [0.3, 0.4) is 0 Å². The third-order valence-corrected chi connectivity index (χ3v) is 26.8. The number of carbonyl (C=O) groups excluding carboxylic acids is 3. The number of nitrogens with one attached hydrogen (secondary N) is 2. The van der Waals surface area contributed by atoms with Crippen molar-refractivity contribution in [2.24, 2.45) is 10.9 Å². The number of amides is 2. The summed E-state index contributed by atoms with van der Waals surface area (Å²) in [7, 11) is 1.52. The van der Waals surface area contributed by atoms with E-state index in [1.165, 1.54) is 7.05 Å². The molecule has 2 fully saturated rings. The summed E-state index contributed by atoms with van der Waals surface area (Å²) >= 11 is -10.2. The van der Waals surface area contributed by atoms with Crippen LogP contribution in [0.5, 0.6) is 11.5 Å². The normalized spacial score (nSPS) is 23.9. The van der Waals surface area contributed by atoms with Crippen molar-refractivity contribution in [1.82, 2.24) is 10.6 Å². The van der Waals surface area contributed by atoms with Gasteiger partial charge in [0.05, 0.1) is 13.0 Å². The first-order chi connectivity index (χ1) is 33.3. The van der Waals surface area contributed by atoms with Gasteiger partial charge in [-0.25, -0.2) is 0 Å². The number of esters is 1. The van der Waals surface area contributed by atoms with Gasteiger partial charge >= 0.3 is 350 Å². The van der Waals surface area contributed by atoms with Crippen LogP contribution in [0.4, 0.5) is 0 Å². The number of nitrogens with zero attached hydrogens (tertiary/aromatic N) is 1.